The zero-order valence-electron chi connectivity index (χ0n) is 16.8. The van der Waals surface area contributed by atoms with Crippen LogP contribution in [0.15, 0.2) is 0 Å². The molecule has 4 aliphatic rings. The van der Waals surface area contributed by atoms with Crippen LogP contribution in [0.2, 0.25) is 18.1 Å². The fraction of sp³-hybridized carbons (Fsp3) is 0.944. The van der Waals surface area contributed by atoms with Crippen LogP contribution >= 0.6 is 12.2 Å². The predicted molar refractivity (Wildman–Crippen MR) is 104 cm³/mol. The van der Waals surface area contributed by atoms with Crippen molar-refractivity contribution in [2.24, 2.45) is 0 Å². The minimum atomic E-state index is -2.02. The summed E-state index contributed by atoms with van der Waals surface area (Å²) < 4.78 is 31.0. The molecule has 0 aromatic rings. The van der Waals surface area contributed by atoms with Crippen LogP contribution in [0.5, 0.6) is 0 Å². The number of piperidine rings is 1. The van der Waals surface area contributed by atoms with Gasteiger partial charge in [-0.15, -0.1) is 0 Å². The highest BCUT2D eigenvalue weighted by atomic mass is 32.1. The van der Waals surface area contributed by atoms with Crippen LogP contribution in [0.1, 0.15) is 34.6 Å². The normalized spacial score (nSPS) is 42.0. The summed E-state index contributed by atoms with van der Waals surface area (Å²) in [6.07, 6.45) is -0.350. The lowest BCUT2D eigenvalue weighted by Crippen LogP contribution is -2.64. The Morgan fingerprint density at radius 3 is 2.38 bits per heavy atom. The topological polar surface area (TPSA) is 49.4 Å². The first kappa shape index (κ1) is 19.1. The summed E-state index contributed by atoms with van der Waals surface area (Å²) >= 11 is 5.20. The van der Waals surface area contributed by atoms with Gasteiger partial charge in [0.05, 0.1) is 6.04 Å². The van der Waals surface area contributed by atoms with E-state index >= 15 is 0 Å². The van der Waals surface area contributed by atoms with Crippen LogP contribution in [0.3, 0.4) is 0 Å². The molecule has 0 unspecified atom stereocenters. The third-order valence-corrected chi connectivity index (χ3v) is 11.2. The Balaban J connectivity index is 1.66. The first-order chi connectivity index (χ1) is 11.9. The summed E-state index contributed by atoms with van der Waals surface area (Å²) in [5.74, 6) is -0.553. The average molecular weight is 402 g/mol. The summed E-state index contributed by atoms with van der Waals surface area (Å²) in [6.45, 7) is 16.9. The summed E-state index contributed by atoms with van der Waals surface area (Å²) in [5.41, 5.74) is 0. The summed E-state index contributed by atoms with van der Waals surface area (Å²) in [7, 11) is -2.02. The van der Waals surface area contributed by atoms with Gasteiger partial charge in [-0.3, -0.25) is 4.90 Å². The lowest BCUT2D eigenvalue weighted by atomic mass is 9.92. The lowest BCUT2D eigenvalue weighted by molar-refractivity contribution is -0.178. The quantitative estimate of drug-likeness (QED) is 0.521. The molecule has 0 radical (unpaired) electrons. The number of nitrogens with zero attached hydrogens (tertiary/aromatic N) is 1. The van der Waals surface area contributed by atoms with Crippen molar-refractivity contribution < 1.29 is 23.4 Å². The van der Waals surface area contributed by atoms with Gasteiger partial charge < -0.3 is 23.4 Å². The highest BCUT2D eigenvalue weighted by Gasteiger charge is 2.63. The van der Waals surface area contributed by atoms with Crippen molar-refractivity contribution in [1.82, 2.24) is 4.90 Å². The van der Waals surface area contributed by atoms with Crippen molar-refractivity contribution in [1.29, 1.82) is 0 Å². The maximum Gasteiger partial charge on any atom is 0.353 e. The third-order valence-electron chi connectivity index (χ3n) is 6.55. The number of thiocarbonyl (C=S) groups is 1. The van der Waals surface area contributed by atoms with Crippen LogP contribution in [0, 0.1) is 0 Å². The Kier molecular flexibility index (Phi) is 4.31. The van der Waals surface area contributed by atoms with Crippen LogP contribution < -0.4 is 0 Å². The molecule has 6 nitrogen and oxygen atoms in total. The lowest BCUT2D eigenvalue weighted by Gasteiger charge is -2.48. The van der Waals surface area contributed by atoms with E-state index in [4.69, 9.17) is 35.6 Å². The Bertz CT molecular complexity index is 607. The SMILES string of the molecule is CC1(C)O[C@@H]2[C@@H]3[C@@H](O[Si](C)(C)C(C)(C)C)[C@@H]4OC(=S)O[C@@H]4CN3C[C@@H]2O1. The van der Waals surface area contributed by atoms with Crippen molar-refractivity contribution in [3.8, 4) is 0 Å². The van der Waals surface area contributed by atoms with E-state index < -0.39 is 14.1 Å². The maximum atomic E-state index is 6.89. The number of ether oxygens (including phenoxy) is 4. The average Bonchev–Trinajstić information content (AvgIpc) is 3.05. The van der Waals surface area contributed by atoms with Gasteiger partial charge >= 0.3 is 5.24 Å². The van der Waals surface area contributed by atoms with Crippen LogP contribution in [0.4, 0.5) is 0 Å². The second kappa shape index (κ2) is 5.87. The van der Waals surface area contributed by atoms with Crippen molar-refractivity contribution in [2.45, 2.75) is 95.1 Å². The largest absolute Gasteiger partial charge is 0.448 e. The zero-order chi connectivity index (χ0) is 19.1. The van der Waals surface area contributed by atoms with Crippen molar-refractivity contribution >= 4 is 25.8 Å². The van der Waals surface area contributed by atoms with Gasteiger partial charge in [-0.2, -0.15) is 0 Å². The number of hydrogen-bond donors (Lipinski definition) is 0. The molecule has 4 aliphatic heterocycles. The van der Waals surface area contributed by atoms with Crippen LogP contribution in [-0.2, 0) is 23.4 Å². The Morgan fingerprint density at radius 2 is 1.73 bits per heavy atom. The van der Waals surface area contributed by atoms with E-state index in [1.807, 2.05) is 13.8 Å². The molecule has 0 saturated carbocycles. The van der Waals surface area contributed by atoms with Crippen LogP contribution in [0.25, 0.3) is 0 Å². The first-order valence-electron chi connectivity index (χ1n) is 9.53. The molecule has 0 aromatic carbocycles. The third kappa shape index (κ3) is 3.02. The standard InChI is InChI=1S/C18H31NO5SSi/c1-17(2,3)26(6,7)24-15-12-13-11(22-18(4,5)23-13)9-19(12)8-10-14(15)21-16(25)20-10/h10-15H,8-9H2,1-7H3/t10-,11+,12-,13+,14-,15-/m1/s1. The Morgan fingerprint density at radius 1 is 1.08 bits per heavy atom. The Labute approximate surface area is 162 Å². The molecule has 4 saturated heterocycles. The van der Waals surface area contributed by atoms with Crippen molar-refractivity contribution in [3.05, 3.63) is 0 Å². The van der Waals surface area contributed by atoms with E-state index in [1.165, 1.54) is 0 Å². The minimum absolute atomic E-state index is 0.0153. The minimum Gasteiger partial charge on any atom is -0.448 e. The molecule has 0 N–H and O–H groups in total. The molecule has 0 aliphatic carbocycles. The highest BCUT2D eigenvalue weighted by Crippen LogP contribution is 2.46. The molecule has 0 bridgehead atoms. The second-order valence-corrected chi connectivity index (χ2v) is 15.0. The van der Waals surface area contributed by atoms with Gasteiger partial charge in [0.25, 0.3) is 0 Å². The molecule has 0 spiro atoms. The number of fused-ring (bicyclic) bond motifs is 4. The predicted octanol–water partition coefficient (Wildman–Crippen LogP) is 2.66. The Hall–Kier alpha value is -0.253. The van der Waals surface area contributed by atoms with Gasteiger partial charge in [0.1, 0.15) is 18.3 Å². The van der Waals surface area contributed by atoms with Crippen molar-refractivity contribution in [2.75, 3.05) is 13.1 Å². The van der Waals surface area contributed by atoms with E-state index in [-0.39, 0.29) is 46.8 Å². The van der Waals surface area contributed by atoms with Gasteiger partial charge in [-0.1, -0.05) is 20.8 Å². The molecular formula is C18H31NO5SSi. The summed E-state index contributed by atoms with van der Waals surface area (Å²) in [4.78, 5) is 2.39. The van der Waals surface area contributed by atoms with Crippen molar-refractivity contribution in [3.63, 3.8) is 0 Å². The highest BCUT2D eigenvalue weighted by molar-refractivity contribution is 7.79. The second-order valence-electron chi connectivity index (χ2n) is 9.91. The van der Waals surface area contributed by atoms with E-state index in [2.05, 4.69) is 38.8 Å². The summed E-state index contributed by atoms with van der Waals surface area (Å²) in [5, 5.41) is 0.347. The zero-order valence-corrected chi connectivity index (χ0v) is 18.6. The fourth-order valence-electron chi connectivity index (χ4n) is 4.35. The fourth-order valence-corrected chi connectivity index (χ4v) is 5.89. The monoisotopic (exact) mass is 401 g/mol. The smallest absolute Gasteiger partial charge is 0.353 e. The van der Waals surface area contributed by atoms with Gasteiger partial charge in [0.2, 0.25) is 0 Å². The molecule has 4 heterocycles. The first-order valence-corrected chi connectivity index (χ1v) is 12.8. The van der Waals surface area contributed by atoms with Gasteiger partial charge in [0, 0.05) is 25.3 Å². The molecular weight excluding hydrogens is 370 g/mol. The van der Waals surface area contributed by atoms with E-state index in [0.29, 0.717) is 0 Å². The molecule has 0 aromatic heterocycles. The van der Waals surface area contributed by atoms with Gasteiger partial charge in [0.15, 0.2) is 26.3 Å². The molecule has 4 fully saturated rings. The summed E-state index contributed by atoms with van der Waals surface area (Å²) in [6, 6.07) is 0.0987. The van der Waals surface area contributed by atoms with Gasteiger partial charge in [-0.05, 0) is 32.0 Å². The molecule has 0 amide bonds. The molecule has 148 valence electrons. The number of hydrogen-bond acceptors (Lipinski definition) is 7. The van der Waals surface area contributed by atoms with Crippen LogP contribution in [-0.4, -0.2) is 73.9 Å². The number of rotatable bonds is 2. The molecule has 4 rings (SSSR count). The van der Waals surface area contributed by atoms with E-state index in [0.717, 1.165) is 13.1 Å². The molecule has 6 atom stereocenters. The van der Waals surface area contributed by atoms with Gasteiger partial charge in [-0.25, -0.2) is 0 Å². The maximum absolute atomic E-state index is 6.89. The molecule has 8 heteroatoms. The van der Waals surface area contributed by atoms with E-state index in [1.54, 1.807) is 0 Å². The molecule has 26 heavy (non-hydrogen) atoms. The van der Waals surface area contributed by atoms with E-state index in [9.17, 15) is 0 Å².